The number of aliphatic hydroxyl groups excluding tert-OH is 1. The van der Waals surface area contributed by atoms with Crippen LogP contribution in [-0.4, -0.2) is 41.9 Å². The summed E-state index contributed by atoms with van der Waals surface area (Å²) < 4.78 is 0. The quantitative estimate of drug-likeness (QED) is 0.624. The zero-order valence-electron chi connectivity index (χ0n) is 19.2. The summed E-state index contributed by atoms with van der Waals surface area (Å²) in [7, 11) is 0. The van der Waals surface area contributed by atoms with Crippen molar-refractivity contribution in [3.63, 3.8) is 0 Å². The summed E-state index contributed by atoms with van der Waals surface area (Å²) in [5, 5.41) is 11.1. The number of rotatable bonds is 5. The lowest BCUT2D eigenvalue weighted by Crippen LogP contribution is -2.59. The minimum absolute atomic E-state index is 0. The molecule has 1 aromatic rings. The van der Waals surface area contributed by atoms with Crippen molar-refractivity contribution in [2.75, 3.05) is 24.5 Å². The maximum atomic E-state index is 11.1. The fraction of sp³-hybridized carbons (Fsp3) is 0.760. The van der Waals surface area contributed by atoms with Gasteiger partial charge in [0.1, 0.15) is 6.23 Å². The smallest absolute Gasteiger partial charge is 0.142 e. The van der Waals surface area contributed by atoms with Gasteiger partial charge in [-0.15, -0.1) is 12.4 Å². The van der Waals surface area contributed by atoms with Gasteiger partial charge in [-0.2, -0.15) is 0 Å². The molecule has 166 valence electrons. The number of piperazine rings is 1. The number of halogens is 1. The third-order valence-electron chi connectivity index (χ3n) is 7.39. The van der Waals surface area contributed by atoms with Crippen molar-refractivity contribution in [3.8, 4) is 0 Å². The summed E-state index contributed by atoms with van der Waals surface area (Å²) >= 11 is 0. The first kappa shape index (κ1) is 24.5. The van der Waals surface area contributed by atoms with Crippen molar-refractivity contribution in [3.05, 3.63) is 29.8 Å². The minimum atomic E-state index is -0.419. The third-order valence-corrected chi connectivity index (χ3v) is 7.39. The largest absolute Gasteiger partial charge is 0.372 e. The lowest BCUT2D eigenvalue weighted by Gasteiger charge is -2.46. The Bertz CT molecular complexity index is 621. The molecule has 1 N–H and O–H groups in total. The molecule has 1 saturated heterocycles. The fourth-order valence-electron chi connectivity index (χ4n) is 5.33. The standard InChI is InChI=1S/C25H42N2O.ClH/c1-6-7-16-26-17-18-27(24(28)19(26)2)23-11-9-8-10-22(23)20-12-14-21(15-13-20)25(3,4)5;/h8-11,19-21,24,28H,6-7,12-18H2,1-5H3;1H. The summed E-state index contributed by atoms with van der Waals surface area (Å²) in [6.07, 6.45) is 7.21. The lowest BCUT2D eigenvalue weighted by molar-refractivity contribution is 0.0295. The molecule has 1 aliphatic carbocycles. The molecule has 1 aromatic carbocycles. The molecule has 0 radical (unpaired) electrons. The molecule has 2 aliphatic rings. The van der Waals surface area contributed by atoms with Crippen molar-refractivity contribution in [1.29, 1.82) is 0 Å². The Morgan fingerprint density at radius 3 is 2.31 bits per heavy atom. The number of nitrogens with zero attached hydrogens (tertiary/aromatic N) is 2. The van der Waals surface area contributed by atoms with Gasteiger partial charge in [-0.3, -0.25) is 4.90 Å². The van der Waals surface area contributed by atoms with Crippen molar-refractivity contribution in [2.45, 2.75) is 91.3 Å². The number of hydrogen-bond acceptors (Lipinski definition) is 3. The van der Waals surface area contributed by atoms with Crippen LogP contribution in [0.2, 0.25) is 0 Å². The van der Waals surface area contributed by atoms with Crippen LogP contribution in [0, 0.1) is 11.3 Å². The zero-order chi connectivity index (χ0) is 20.3. The second-order valence-electron chi connectivity index (χ2n) is 10.2. The molecule has 29 heavy (non-hydrogen) atoms. The summed E-state index contributed by atoms with van der Waals surface area (Å²) in [5.74, 6) is 1.47. The van der Waals surface area contributed by atoms with Crippen molar-refractivity contribution < 1.29 is 5.11 Å². The van der Waals surface area contributed by atoms with Crippen molar-refractivity contribution in [2.24, 2.45) is 11.3 Å². The minimum Gasteiger partial charge on any atom is -0.372 e. The van der Waals surface area contributed by atoms with Gasteiger partial charge in [0.2, 0.25) is 0 Å². The molecule has 0 amide bonds. The molecule has 2 fully saturated rings. The van der Waals surface area contributed by atoms with E-state index in [1.807, 2.05) is 0 Å². The van der Waals surface area contributed by atoms with E-state index >= 15 is 0 Å². The Hall–Kier alpha value is -0.770. The monoisotopic (exact) mass is 422 g/mol. The molecule has 1 saturated carbocycles. The van der Waals surface area contributed by atoms with E-state index in [-0.39, 0.29) is 18.4 Å². The third kappa shape index (κ3) is 5.68. The van der Waals surface area contributed by atoms with E-state index in [2.05, 4.69) is 68.7 Å². The molecule has 0 bridgehead atoms. The fourth-order valence-corrected chi connectivity index (χ4v) is 5.33. The zero-order valence-corrected chi connectivity index (χ0v) is 20.0. The molecule has 3 nitrogen and oxygen atoms in total. The highest BCUT2D eigenvalue weighted by Crippen LogP contribution is 2.45. The number of hydrogen-bond donors (Lipinski definition) is 1. The predicted octanol–water partition coefficient (Wildman–Crippen LogP) is 6.06. The van der Waals surface area contributed by atoms with Crippen molar-refractivity contribution in [1.82, 2.24) is 4.90 Å². The SMILES string of the molecule is CCCCN1CCN(c2ccccc2C2CCC(C(C)(C)C)CC2)C(O)C1C.Cl. The van der Waals surface area contributed by atoms with Crippen LogP contribution in [0.5, 0.6) is 0 Å². The highest BCUT2D eigenvalue weighted by molar-refractivity contribution is 5.85. The van der Waals surface area contributed by atoms with Crippen LogP contribution in [0.15, 0.2) is 24.3 Å². The molecular weight excluding hydrogens is 380 g/mol. The predicted molar refractivity (Wildman–Crippen MR) is 127 cm³/mol. The Morgan fingerprint density at radius 2 is 1.69 bits per heavy atom. The van der Waals surface area contributed by atoms with Gasteiger partial charge in [0, 0.05) is 18.8 Å². The van der Waals surface area contributed by atoms with Crippen LogP contribution >= 0.6 is 12.4 Å². The van der Waals surface area contributed by atoms with Crippen LogP contribution in [0.3, 0.4) is 0 Å². The molecule has 3 rings (SSSR count). The number of unbranched alkanes of at least 4 members (excludes halogenated alkanes) is 1. The molecule has 1 aliphatic heterocycles. The summed E-state index contributed by atoms with van der Waals surface area (Å²) in [4.78, 5) is 4.74. The van der Waals surface area contributed by atoms with E-state index in [0.29, 0.717) is 11.3 Å². The summed E-state index contributed by atoms with van der Waals surface area (Å²) in [6.45, 7) is 14.7. The normalized spacial score (nSPS) is 28.8. The van der Waals surface area contributed by atoms with E-state index in [0.717, 1.165) is 25.6 Å². The molecule has 1 heterocycles. The van der Waals surface area contributed by atoms with Gasteiger partial charge in [-0.1, -0.05) is 52.3 Å². The highest BCUT2D eigenvalue weighted by atomic mass is 35.5. The average molecular weight is 423 g/mol. The van der Waals surface area contributed by atoms with Gasteiger partial charge in [-0.25, -0.2) is 0 Å². The van der Waals surface area contributed by atoms with E-state index in [9.17, 15) is 5.11 Å². The highest BCUT2D eigenvalue weighted by Gasteiger charge is 2.35. The first-order valence-electron chi connectivity index (χ1n) is 11.6. The van der Waals surface area contributed by atoms with E-state index < -0.39 is 6.23 Å². The first-order chi connectivity index (χ1) is 13.3. The van der Waals surface area contributed by atoms with Gasteiger partial charge < -0.3 is 10.0 Å². The van der Waals surface area contributed by atoms with E-state index in [1.165, 1.54) is 49.8 Å². The first-order valence-corrected chi connectivity index (χ1v) is 11.6. The van der Waals surface area contributed by atoms with Crippen molar-refractivity contribution >= 4 is 18.1 Å². The lowest BCUT2D eigenvalue weighted by atomic mass is 9.68. The average Bonchev–Trinajstić information content (AvgIpc) is 2.69. The number of aliphatic hydroxyl groups is 1. The Balaban J connectivity index is 0.00000300. The van der Waals surface area contributed by atoms with Crippen LogP contribution < -0.4 is 4.90 Å². The van der Waals surface area contributed by atoms with Gasteiger partial charge in [0.15, 0.2) is 0 Å². The topological polar surface area (TPSA) is 26.7 Å². The second kappa shape index (κ2) is 10.5. The molecule has 4 heteroatoms. The molecular formula is C25H43ClN2O. The van der Waals surface area contributed by atoms with Gasteiger partial charge in [0.05, 0.1) is 6.04 Å². The van der Waals surface area contributed by atoms with E-state index in [1.54, 1.807) is 0 Å². The maximum absolute atomic E-state index is 11.1. The molecule has 2 unspecified atom stereocenters. The van der Waals surface area contributed by atoms with Gasteiger partial charge in [-0.05, 0) is 74.5 Å². The van der Waals surface area contributed by atoms with Gasteiger partial charge >= 0.3 is 0 Å². The second-order valence-corrected chi connectivity index (χ2v) is 10.2. The summed E-state index contributed by atoms with van der Waals surface area (Å²) in [5.41, 5.74) is 3.16. The maximum Gasteiger partial charge on any atom is 0.142 e. The molecule has 0 spiro atoms. The van der Waals surface area contributed by atoms with E-state index in [4.69, 9.17) is 0 Å². The molecule has 0 aromatic heterocycles. The number of anilines is 1. The van der Waals surface area contributed by atoms with Gasteiger partial charge in [0.25, 0.3) is 0 Å². The van der Waals surface area contributed by atoms with Crippen LogP contribution in [-0.2, 0) is 0 Å². The number of benzene rings is 1. The van der Waals surface area contributed by atoms with Crippen LogP contribution in [0.4, 0.5) is 5.69 Å². The Morgan fingerprint density at radius 1 is 1.03 bits per heavy atom. The Kier molecular flexibility index (Phi) is 8.87. The summed E-state index contributed by atoms with van der Waals surface area (Å²) in [6, 6.07) is 9.06. The molecule has 2 atom stereocenters. The van der Waals surface area contributed by atoms with Crippen LogP contribution in [0.1, 0.15) is 84.6 Å². The Labute approximate surface area is 185 Å². The van der Waals surface area contributed by atoms with Crippen LogP contribution in [0.25, 0.3) is 0 Å². The number of para-hydroxylation sites is 1.